The summed E-state index contributed by atoms with van der Waals surface area (Å²) in [5, 5.41) is 1.21. The van der Waals surface area contributed by atoms with Gasteiger partial charge in [0.15, 0.2) is 0 Å². The van der Waals surface area contributed by atoms with E-state index in [0.717, 1.165) is 31.4 Å². The number of amides is 1. The lowest BCUT2D eigenvalue weighted by Crippen LogP contribution is -2.29. The molecule has 5 nitrogen and oxygen atoms in total. The Morgan fingerprint density at radius 2 is 1.96 bits per heavy atom. The smallest absolute Gasteiger partial charge is 0.256 e. The fraction of sp³-hybridized carbons (Fsp3) is 0.300. The maximum Gasteiger partial charge on any atom is 0.256 e. The number of aryl methyl sites for hydroxylation is 1. The zero-order valence-electron chi connectivity index (χ0n) is 14.2. The van der Waals surface area contributed by atoms with E-state index in [0.29, 0.717) is 17.3 Å². The Labute approximate surface area is 146 Å². The van der Waals surface area contributed by atoms with Crippen molar-refractivity contribution in [3.8, 4) is 0 Å². The molecule has 4 rings (SSSR count). The molecule has 1 atom stereocenters. The lowest BCUT2D eigenvalue weighted by Gasteiger charge is -2.16. The first-order chi connectivity index (χ1) is 12.2. The van der Waals surface area contributed by atoms with Crippen LogP contribution in [0.25, 0.3) is 10.9 Å². The van der Waals surface area contributed by atoms with Crippen LogP contribution < -0.4 is 0 Å². The topological polar surface area (TPSA) is 59.0 Å². The normalized spacial score (nSPS) is 17.2. The first-order valence-electron chi connectivity index (χ1n) is 8.61. The fourth-order valence-corrected chi connectivity index (χ4v) is 3.51. The average Bonchev–Trinajstić information content (AvgIpc) is 3.11. The SMILES string of the molecule is Cc1ncc(C(=O)N2CCC(Cc3ccnc4ccccc34)C2)cn1. The lowest BCUT2D eigenvalue weighted by atomic mass is 9.96. The van der Waals surface area contributed by atoms with Crippen LogP contribution in [0.1, 0.15) is 28.2 Å². The van der Waals surface area contributed by atoms with E-state index in [1.807, 2.05) is 30.2 Å². The van der Waals surface area contributed by atoms with Crippen LogP contribution in [0.2, 0.25) is 0 Å². The molecule has 25 heavy (non-hydrogen) atoms. The molecule has 1 aromatic carbocycles. The van der Waals surface area contributed by atoms with Gasteiger partial charge in [-0.15, -0.1) is 0 Å². The van der Waals surface area contributed by atoms with Crippen LogP contribution in [0, 0.1) is 12.8 Å². The number of hydrogen-bond acceptors (Lipinski definition) is 4. The van der Waals surface area contributed by atoms with E-state index < -0.39 is 0 Å². The van der Waals surface area contributed by atoms with Gasteiger partial charge in [0.2, 0.25) is 0 Å². The predicted molar refractivity (Wildman–Crippen MR) is 96.2 cm³/mol. The van der Waals surface area contributed by atoms with Gasteiger partial charge in [-0.1, -0.05) is 18.2 Å². The van der Waals surface area contributed by atoms with Crippen molar-refractivity contribution in [2.45, 2.75) is 19.8 Å². The summed E-state index contributed by atoms with van der Waals surface area (Å²) in [4.78, 5) is 27.2. The second-order valence-electron chi connectivity index (χ2n) is 6.62. The summed E-state index contributed by atoms with van der Waals surface area (Å²) in [5.74, 6) is 1.18. The van der Waals surface area contributed by atoms with Crippen LogP contribution in [0.4, 0.5) is 0 Å². The summed E-state index contributed by atoms with van der Waals surface area (Å²) >= 11 is 0. The molecular formula is C20H20N4O. The molecule has 1 saturated heterocycles. The number of nitrogens with zero attached hydrogens (tertiary/aromatic N) is 4. The van der Waals surface area contributed by atoms with Crippen LogP contribution in [0.15, 0.2) is 48.9 Å². The van der Waals surface area contributed by atoms with Gasteiger partial charge in [0.05, 0.1) is 11.1 Å². The second kappa shape index (κ2) is 6.59. The number of carbonyl (C=O) groups excluding carboxylic acids is 1. The Balaban J connectivity index is 1.47. The van der Waals surface area contributed by atoms with Gasteiger partial charge in [0.25, 0.3) is 5.91 Å². The van der Waals surface area contributed by atoms with Crippen LogP contribution in [-0.2, 0) is 6.42 Å². The molecule has 0 saturated carbocycles. The molecule has 0 radical (unpaired) electrons. The third-order valence-corrected chi connectivity index (χ3v) is 4.85. The number of benzene rings is 1. The number of hydrogen-bond donors (Lipinski definition) is 0. The Morgan fingerprint density at radius 3 is 2.80 bits per heavy atom. The van der Waals surface area contributed by atoms with Crippen molar-refractivity contribution in [1.29, 1.82) is 0 Å². The Kier molecular flexibility index (Phi) is 4.14. The van der Waals surface area contributed by atoms with E-state index >= 15 is 0 Å². The predicted octanol–water partition coefficient (Wildman–Crippen LogP) is 3.04. The summed E-state index contributed by atoms with van der Waals surface area (Å²) in [6, 6.07) is 10.3. The van der Waals surface area contributed by atoms with E-state index in [2.05, 4.69) is 33.2 Å². The highest BCUT2D eigenvalue weighted by molar-refractivity contribution is 5.93. The minimum absolute atomic E-state index is 0.0297. The standard InChI is InChI=1S/C20H20N4O/c1-14-22-11-17(12-23-14)20(25)24-9-7-15(13-24)10-16-6-8-21-19-5-3-2-4-18(16)19/h2-6,8,11-12,15H,7,9-10,13H2,1H3. The van der Waals surface area contributed by atoms with Crippen molar-refractivity contribution >= 4 is 16.8 Å². The highest BCUT2D eigenvalue weighted by atomic mass is 16.2. The van der Waals surface area contributed by atoms with E-state index in [1.54, 1.807) is 12.4 Å². The Bertz CT molecular complexity index is 902. The molecule has 5 heteroatoms. The monoisotopic (exact) mass is 332 g/mol. The zero-order chi connectivity index (χ0) is 17.2. The maximum absolute atomic E-state index is 12.6. The van der Waals surface area contributed by atoms with Crippen LogP contribution in [0.5, 0.6) is 0 Å². The number of carbonyl (C=O) groups is 1. The number of fused-ring (bicyclic) bond motifs is 1. The molecule has 0 spiro atoms. The zero-order valence-corrected chi connectivity index (χ0v) is 14.2. The lowest BCUT2D eigenvalue weighted by molar-refractivity contribution is 0.0786. The molecule has 3 aromatic rings. The molecule has 1 aliphatic rings. The second-order valence-corrected chi connectivity index (χ2v) is 6.62. The van der Waals surface area contributed by atoms with Gasteiger partial charge in [-0.05, 0) is 43.4 Å². The van der Waals surface area contributed by atoms with Crippen molar-refractivity contribution < 1.29 is 4.79 Å². The molecule has 0 N–H and O–H groups in total. The minimum Gasteiger partial charge on any atom is -0.338 e. The van der Waals surface area contributed by atoms with Crippen molar-refractivity contribution in [1.82, 2.24) is 19.9 Å². The molecule has 0 bridgehead atoms. The molecule has 126 valence electrons. The average molecular weight is 332 g/mol. The number of para-hydroxylation sites is 1. The van der Waals surface area contributed by atoms with Gasteiger partial charge in [0, 0.05) is 37.1 Å². The van der Waals surface area contributed by atoms with Crippen molar-refractivity contribution in [2.24, 2.45) is 5.92 Å². The van der Waals surface area contributed by atoms with E-state index in [-0.39, 0.29) is 5.91 Å². The molecule has 1 fully saturated rings. The summed E-state index contributed by atoms with van der Waals surface area (Å²) < 4.78 is 0. The molecule has 1 amide bonds. The van der Waals surface area contributed by atoms with Gasteiger partial charge in [0.1, 0.15) is 5.82 Å². The quantitative estimate of drug-likeness (QED) is 0.740. The van der Waals surface area contributed by atoms with Gasteiger partial charge < -0.3 is 4.90 Å². The molecule has 1 unspecified atom stereocenters. The summed E-state index contributed by atoms with van der Waals surface area (Å²) in [6.07, 6.45) is 7.11. The molecule has 3 heterocycles. The van der Waals surface area contributed by atoms with Gasteiger partial charge in [-0.25, -0.2) is 9.97 Å². The van der Waals surface area contributed by atoms with Gasteiger partial charge in [-0.3, -0.25) is 9.78 Å². The molecule has 0 aliphatic carbocycles. The number of aromatic nitrogens is 3. The van der Waals surface area contributed by atoms with Crippen molar-refractivity contribution in [3.63, 3.8) is 0 Å². The summed E-state index contributed by atoms with van der Waals surface area (Å²) in [7, 11) is 0. The van der Waals surface area contributed by atoms with Crippen LogP contribution in [-0.4, -0.2) is 38.8 Å². The fourth-order valence-electron chi connectivity index (χ4n) is 3.51. The largest absolute Gasteiger partial charge is 0.338 e. The van der Waals surface area contributed by atoms with Crippen molar-refractivity contribution in [3.05, 3.63) is 65.9 Å². The van der Waals surface area contributed by atoms with Gasteiger partial charge >= 0.3 is 0 Å². The number of pyridine rings is 1. The van der Waals surface area contributed by atoms with E-state index in [9.17, 15) is 4.79 Å². The maximum atomic E-state index is 12.6. The first-order valence-corrected chi connectivity index (χ1v) is 8.61. The number of likely N-dealkylation sites (tertiary alicyclic amines) is 1. The Morgan fingerprint density at radius 1 is 1.16 bits per heavy atom. The van der Waals surface area contributed by atoms with Crippen LogP contribution >= 0.6 is 0 Å². The summed E-state index contributed by atoms with van der Waals surface area (Å²) in [6.45, 7) is 3.39. The molecule has 1 aliphatic heterocycles. The van der Waals surface area contributed by atoms with E-state index in [1.165, 1.54) is 10.9 Å². The molecule has 2 aromatic heterocycles. The highest BCUT2D eigenvalue weighted by Crippen LogP contribution is 2.25. The highest BCUT2D eigenvalue weighted by Gasteiger charge is 2.27. The van der Waals surface area contributed by atoms with Gasteiger partial charge in [-0.2, -0.15) is 0 Å². The molecular weight excluding hydrogens is 312 g/mol. The summed E-state index contributed by atoms with van der Waals surface area (Å²) in [5.41, 5.74) is 2.91. The Hall–Kier alpha value is -2.82. The number of rotatable bonds is 3. The third-order valence-electron chi connectivity index (χ3n) is 4.85. The third kappa shape index (κ3) is 3.22. The van der Waals surface area contributed by atoms with E-state index in [4.69, 9.17) is 0 Å². The van der Waals surface area contributed by atoms with Crippen LogP contribution in [0.3, 0.4) is 0 Å². The first kappa shape index (κ1) is 15.7. The van der Waals surface area contributed by atoms with Crippen molar-refractivity contribution in [2.75, 3.05) is 13.1 Å². The minimum atomic E-state index is 0.0297.